The van der Waals surface area contributed by atoms with Crippen molar-refractivity contribution in [3.63, 3.8) is 0 Å². The van der Waals surface area contributed by atoms with E-state index < -0.39 is 0 Å². The van der Waals surface area contributed by atoms with Crippen molar-refractivity contribution < 1.29 is 4.79 Å². The van der Waals surface area contributed by atoms with Crippen LogP contribution in [0, 0.1) is 0 Å². The van der Waals surface area contributed by atoms with E-state index >= 15 is 0 Å². The highest BCUT2D eigenvalue weighted by molar-refractivity contribution is 9.10. The van der Waals surface area contributed by atoms with Crippen LogP contribution in [0.5, 0.6) is 0 Å². The lowest BCUT2D eigenvalue weighted by Crippen LogP contribution is -2.20. The molecule has 0 spiro atoms. The van der Waals surface area contributed by atoms with Crippen LogP contribution in [0.3, 0.4) is 0 Å². The Morgan fingerprint density at radius 2 is 2.11 bits per heavy atom. The van der Waals surface area contributed by atoms with Crippen molar-refractivity contribution in [2.45, 2.75) is 5.16 Å². The van der Waals surface area contributed by atoms with E-state index in [1.807, 2.05) is 35.9 Å². The van der Waals surface area contributed by atoms with E-state index in [2.05, 4.69) is 36.7 Å². The number of aromatic nitrogens is 3. The van der Waals surface area contributed by atoms with Gasteiger partial charge in [0.25, 0.3) is 5.91 Å². The van der Waals surface area contributed by atoms with Crippen molar-refractivity contribution in [2.24, 2.45) is 12.1 Å². The summed E-state index contributed by atoms with van der Waals surface area (Å²) in [5.74, 6) is 0.605. The lowest BCUT2D eigenvalue weighted by molar-refractivity contribution is -0.118. The summed E-state index contributed by atoms with van der Waals surface area (Å²) in [4.78, 5) is 12.0. The molecule has 28 heavy (non-hydrogen) atoms. The SMILES string of the molecule is Cn1c(SCC(=O)N/N=C\c2ccc(Cl)cc2Cl)nnc1-c1cccc(Br)c1. The Morgan fingerprint density at radius 1 is 1.29 bits per heavy atom. The molecule has 0 saturated heterocycles. The molecule has 0 bridgehead atoms. The maximum Gasteiger partial charge on any atom is 0.250 e. The number of carbonyl (C=O) groups excluding carboxylic acids is 1. The molecule has 0 radical (unpaired) electrons. The number of hydrogen-bond donors (Lipinski definition) is 1. The van der Waals surface area contributed by atoms with E-state index in [1.54, 1.807) is 18.2 Å². The number of thioether (sulfide) groups is 1. The van der Waals surface area contributed by atoms with Gasteiger partial charge in [-0.2, -0.15) is 5.10 Å². The minimum atomic E-state index is -0.265. The summed E-state index contributed by atoms with van der Waals surface area (Å²) in [6, 6.07) is 12.8. The largest absolute Gasteiger partial charge is 0.305 e. The zero-order valence-electron chi connectivity index (χ0n) is 14.6. The van der Waals surface area contributed by atoms with Crippen LogP contribution in [-0.2, 0) is 11.8 Å². The van der Waals surface area contributed by atoms with E-state index in [9.17, 15) is 4.79 Å². The first-order valence-corrected chi connectivity index (χ1v) is 10.5. The number of nitrogens with one attached hydrogen (secondary N) is 1. The van der Waals surface area contributed by atoms with Crippen molar-refractivity contribution in [3.05, 3.63) is 62.5 Å². The zero-order chi connectivity index (χ0) is 20.1. The lowest BCUT2D eigenvalue weighted by Gasteiger charge is -2.04. The lowest BCUT2D eigenvalue weighted by atomic mass is 10.2. The first-order chi connectivity index (χ1) is 13.4. The van der Waals surface area contributed by atoms with Crippen molar-refractivity contribution in [1.29, 1.82) is 0 Å². The van der Waals surface area contributed by atoms with Crippen LogP contribution >= 0.6 is 50.9 Å². The minimum Gasteiger partial charge on any atom is -0.305 e. The van der Waals surface area contributed by atoms with E-state index in [0.717, 1.165) is 15.9 Å². The van der Waals surface area contributed by atoms with Gasteiger partial charge in [0.05, 0.1) is 17.0 Å². The minimum absolute atomic E-state index is 0.149. The number of rotatable bonds is 6. The molecule has 3 aromatic rings. The van der Waals surface area contributed by atoms with E-state index in [1.165, 1.54) is 18.0 Å². The van der Waals surface area contributed by atoms with Crippen molar-refractivity contribution in [2.75, 3.05) is 5.75 Å². The van der Waals surface area contributed by atoms with E-state index in [0.29, 0.717) is 20.8 Å². The third kappa shape index (κ3) is 5.35. The average Bonchev–Trinajstić information content (AvgIpc) is 3.02. The predicted octanol–water partition coefficient (Wildman–Crippen LogP) is 4.79. The summed E-state index contributed by atoms with van der Waals surface area (Å²) in [5.41, 5.74) is 4.06. The maximum absolute atomic E-state index is 12.0. The van der Waals surface area contributed by atoms with Crippen LogP contribution in [0.2, 0.25) is 10.0 Å². The molecule has 1 amide bonds. The fraction of sp³-hybridized carbons (Fsp3) is 0.111. The summed E-state index contributed by atoms with van der Waals surface area (Å²) in [7, 11) is 1.86. The Labute approximate surface area is 184 Å². The molecule has 1 aromatic heterocycles. The van der Waals surface area contributed by atoms with Gasteiger partial charge in [0.15, 0.2) is 11.0 Å². The second kappa shape index (κ2) is 9.56. The molecular weight excluding hydrogens is 485 g/mol. The van der Waals surface area contributed by atoms with Crippen LogP contribution in [0.4, 0.5) is 0 Å². The van der Waals surface area contributed by atoms with Crippen LogP contribution in [-0.4, -0.2) is 32.6 Å². The Balaban J connectivity index is 1.57. The van der Waals surface area contributed by atoms with Gasteiger partial charge in [0, 0.05) is 27.7 Å². The van der Waals surface area contributed by atoms with E-state index in [-0.39, 0.29) is 11.7 Å². The molecule has 0 aliphatic carbocycles. The second-order valence-electron chi connectivity index (χ2n) is 5.62. The molecule has 1 N–H and O–H groups in total. The molecule has 3 rings (SSSR count). The molecule has 0 atom stereocenters. The van der Waals surface area contributed by atoms with Gasteiger partial charge in [-0.25, -0.2) is 5.43 Å². The molecular formula is C18H14BrCl2N5OS. The normalized spacial score (nSPS) is 11.1. The molecule has 2 aromatic carbocycles. The summed E-state index contributed by atoms with van der Waals surface area (Å²) in [5, 5.41) is 13.9. The topological polar surface area (TPSA) is 72.2 Å². The van der Waals surface area contributed by atoms with Gasteiger partial charge in [-0.3, -0.25) is 4.79 Å². The first-order valence-electron chi connectivity index (χ1n) is 7.99. The third-order valence-electron chi connectivity index (χ3n) is 3.61. The monoisotopic (exact) mass is 497 g/mol. The predicted molar refractivity (Wildman–Crippen MR) is 117 cm³/mol. The second-order valence-corrected chi connectivity index (χ2v) is 8.33. The third-order valence-corrected chi connectivity index (χ3v) is 5.68. The molecule has 0 fully saturated rings. The van der Waals surface area contributed by atoms with Gasteiger partial charge in [-0.1, -0.05) is 69.1 Å². The molecule has 0 aliphatic rings. The van der Waals surface area contributed by atoms with Gasteiger partial charge in [0.2, 0.25) is 0 Å². The molecule has 1 heterocycles. The number of halogens is 3. The summed E-state index contributed by atoms with van der Waals surface area (Å²) in [6.07, 6.45) is 1.47. The number of amides is 1. The number of carbonyl (C=O) groups is 1. The Hall–Kier alpha value is -1.87. The van der Waals surface area contributed by atoms with Crippen molar-refractivity contribution in [1.82, 2.24) is 20.2 Å². The standard InChI is InChI=1S/C18H14BrCl2N5OS/c1-26-17(11-3-2-4-13(19)7-11)24-25-18(26)28-10-16(27)23-22-9-12-5-6-14(20)8-15(12)21/h2-9H,10H2,1H3,(H,23,27)/b22-9-. The van der Waals surface area contributed by atoms with Gasteiger partial charge in [-0.05, 0) is 24.3 Å². The molecule has 0 saturated carbocycles. The highest BCUT2D eigenvalue weighted by Crippen LogP contribution is 2.24. The number of benzene rings is 2. The maximum atomic E-state index is 12.0. The summed E-state index contributed by atoms with van der Waals surface area (Å²) in [6.45, 7) is 0. The van der Waals surface area contributed by atoms with Crippen LogP contribution in [0.25, 0.3) is 11.4 Å². The van der Waals surface area contributed by atoms with E-state index in [4.69, 9.17) is 23.2 Å². The van der Waals surface area contributed by atoms with Gasteiger partial charge in [-0.15, -0.1) is 10.2 Å². The highest BCUT2D eigenvalue weighted by Gasteiger charge is 2.13. The van der Waals surface area contributed by atoms with Gasteiger partial charge >= 0.3 is 0 Å². The molecule has 10 heteroatoms. The summed E-state index contributed by atoms with van der Waals surface area (Å²) >= 11 is 16.6. The highest BCUT2D eigenvalue weighted by atomic mass is 79.9. The quantitative estimate of drug-likeness (QED) is 0.301. The zero-order valence-corrected chi connectivity index (χ0v) is 18.5. The smallest absolute Gasteiger partial charge is 0.250 e. The Bertz CT molecular complexity index is 1040. The fourth-order valence-electron chi connectivity index (χ4n) is 2.26. The fourth-order valence-corrected chi connectivity index (χ4v) is 3.82. The van der Waals surface area contributed by atoms with Gasteiger partial charge in [0.1, 0.15) is 0 Å². The Morgan fingerprint density at radius 3 is 2.86 bits per heavy atom. The number of hydrogen-bond acceptors (Lipinski definition) is 5. The molecule has 144 valence electrons. The van der Waals surface area contributed by atoms with Crippen LogP contribution in [0.15, 0.2) is 57.2 Å². The molecule has 0 aliphatic heterocycles. The molecule has 0 unspecified atom stereocenters. The summed E-state index contributed by atoms with van der Waals surface area (Å²) < 4.78 is 2.80. The van der Waals surface area contributed by atoms with Gasteiger partial charge < -0.3 is 4.57 Å². The van der Waals surface area contributed by atoms with Crippen LogP contribution < -0.4 is 5.43 Å². The van der Waals surface area contributed by atoms with Crippen LogP contribution in [0.1, 0.15) is 5.56 Å². The number of hydrazone groups is 1. The average molecular weight is 499 g/mol. The molecule has 6 nitrogen and oxygen atoms in total. The van der Waals surface area contributed by atoms with Crippen molar-refractivity contribution in [3.8, 4) is 11.4 Å². The number of nitrogens with zero attached hydrogens (tertiary/aromatic N) is 4. The first kappa shape index (κ1) is 20.9. The van der Waals surface area contributed by atoms with Crippen molar-refractivity contribution >= 4 is 63.0 Å². The Kier molecular flexibility index (Phi) is 7.12.